The summed E-state index contributed by atoms with van der Waals surface area (Å²) in [4.78, 5) is 0. The lowest BCUT2D eigenvalue weighted by Crippen LogP contribution is -2.24. The molecule has 0 heterocycles. The van der Waals surface area contributed by atoms with Crippen molar-refractivity contribution in [3.8, 4) is 0 Å². The molecule has 1 aromatic rings. The fourth-order valence-electron chi connectivity index (χ4n) is 2.73. The molecule has 0 amide bonds. The Balaban J connectivity index is 1.67. The van der Waals surface area contributed by atoms with Crippen LogP contribution in [0.3, 0.4) is 0 Å². The Bertz CT molecular complexity index is 288. The molecule has 1 aromatic carbocycles. The lowest BCUT2D eigenvalue weighted by atomic mass is 9.92. The molecule has 1 atom stereocenters. The van der Waals surface area contributed by atoms with Crippen LogP contribution in [0.4, 0.5) is 0 Å². The average Bonchev–Trinajstić information content (AvgIpc) is 2.84. The first-order valence-electron chi connectivity index (χ1n) is 6.61. The van der Waals surface area contributed by atoms with Crippen LogP contribution in [-0.4, -0.2) is 6.54 Å². The zero-order valence-electron chi connectivity index (χ0n) is 10.3. The summed E-state index contributed by atoms with van der Waals surface area (Å²) >= 11 is 0. The molecular formula is C15H23N. The molecule has 88 valence electrons. The summed E-state index contributed by atoms with van der Waals surface area (Å²) in [5, 5.41) is 3.58. The highest BCUT2D eigenvalue weighted by molar-refractivity contribution is 5.14. The van der Waals surface area contributed by atoms with E-state index in [1.54, 1.807) is 0 Å². The van der Waals surface area contributed by atoms with Gasteiger partial charge in [-0.05, 0) is 23.9 Å². The zero-order chi connectivity index (χ0) is 11.2. The largest absolute Gasteiger partial charge is 0.312 e. The SMILES string of the molecule is CC(CNCc1ccccc1)C1CCCC1. The first kappa shape index (κ1) is 11.7. The van der Waals surface area contributed by atoms with Crippen LogP contribution in [0, 0.1) is 11.8 Å². The maximum absolute atomic E-state index is 3.58. The van der Waals surface area contributed by atoms with Gasteiger partial charge in [0.1, 0.15) is 0 Å². The minimum atomic E-state index is 0.839. The van der Waals surface area contributed by atoms with Gasteiger partial charge in [0.25, 0.3) is 0 Å². The van der Waals surface area contributed by atoms with Crippen molar-refractivity contribution in [1.82, 2.24) is 5.32 Å². The van der Waals surface area contributed by atoms with Crippen LogP contribution in [0.5, 0.6) is 0 Å². The van der Waals surface area contributed by atoms with Crippen molar-refractivity contribution in [3.05, 3.63) is 35.9 Å². The Hall–Kier alpha value is -0.820. The van der Waals surface area contributed by atoms with Crippen LogP contribution in [-0.2, 0) is 6.54 Å². The summed E-state index contributed by atoms with van der Waals surface area (Å²) in [6.45, 7) is 4.57. The second-order valence-electron chi connectivity index (χ2n) is 5.14. The van der Waals surface area contributed by atoms with Crippen molar-refractivity contribution in [3.63, 3.8) is 0 Å². The van der Waals surface area contributed by atoms with Crippen LogP contribution in [0.25, 0.3) is 0 Å². The van der Waals surface area contributed by atoms with Gasteiger partial charge in [-0.15, -0.1) is 0 Å². The van der Waals surface area contributed by atoms with Gasteiger partial charge in [0, 0.05) is 6.54 Å². The maximum Gasteiger partial charge on any atom is 0.0205 e. The lowest BCUT2D eigenvalue weighted by Gasteiger charge is -2.19. The molecule has 0 saturated heterocycles. The molecule has 1 N–H and O–H groups in total. The van der Waals surface area contributed by atoms with E-state index in [0.29, 0.717) is 0 Å². The van der Waals surface area contributed by atoms with Crippen molar-refractivity contribution in [2.75, 3.05) is 6.54 Å². The molecule has 0 spiro atoms. The van der Waals surface area contributed by atoms with Crippen molar-refractivity contribution in [2.45, 2.75) is 39.2 Å². The zero-order valence-corrected chi connectivity index (χ0v) is 10.3. The van der Waals surface area contributed by atoms with Crippen LogP contribution in [0.15, 0.2) is 30.3 Å². The summed E-state index contributed by atoms with van der Waals surface area (Å²) in [5.41, 5.74) is 1.39. The number of hydrogen-bond donors (Lipinski definition) is 1. The van der Waals surface area contributed by atoms with Gasteiger partial charge in [0.2, 0.25) is 0 Å². The first-order chi connectivity index (χ1) is 7.86. The predicted octanol–water partition coefficient (Wildman–Crippen LogP) is 3.60. The first-order valence-corrected chi connectivity index (χ1v) is 6.61. The van der Waals surface area contributed by atoms with Crippen molar-refractivity contribution >= 4 is 0 Å². The van der Waals surface area contributed by atoms with Crippen LogP contribution in [0.1, 0.15) is 38.2 Å². The number of nitrogens with one attached hydrogen (secondary N) is 1. The second-order valence-corrected chi connectivity index (χ2v) is 5.14. The topological polar surface area (TPSA) is 12.0 Å². The molecular weight excluding hydrogens is 194 g/mol. The van der Waals surface area contributed by atoms with E-state index in [1.807, 2.05) is 0 Å². The molecule has 0 bridgehead atoms. The number of benzene rings is 1. The molecule has 16 heavy (non-hydrogen) atoms. The molecule has 2 rings (SSSR count). The van der Waals surface area contributed by atoms with Gasteiger partial charge >= 0.3 is 0 Å². The molecule has 1 aliphatic rings. The third-order valence-electron chi connectivity index (χ3n) is 3.84. The smallest absolute Gasteiger partial charge is 0.0205 e. The molecule has 0 radical (unpaired) electrons. The van der Waals surface area contributed by atoms with Crippen LogP contribution >= 0.6 is 0 Å². The van der Waals surface area contributed by atoms with Gasteiger partial charge in [0.15, 0.2) is 0 Å². The minimum Gasteiger partial charge on any atom is -0.312 e. The predicted molar refractivity (Wildman–Crippen MR) is 69.3 cm³/mol. The number of hydrogen-bond acceptors (Lipinski definition) is 1. The van der Waals surface area contributed by atoms with E-state index in [2.05, 4.69) is 42.6 Å². The van der Waals surface area contributed by atoms with Gasteiger partial charge in [-0.25, -0.2) is 0 Å². The van der Waals surface area contributed by atoms with Gasteiger partial charge in [-0.2, -0.15) is 0 Å². The molecule has 1 saturated carbocycles. The van der Waals surface area contributed by atoms with E-state index in [-0.39, 0.29) is 0 Å². The maximum atomic E-state index is 3.58. The quantitative estimate of drug-likeness (QED) is 0.794. The van der Waals surface area contributed by atoms with Crippen LogP contribution in [0.2, 0.25) is 0 Å². The molecule has 0 aromatic heterocycles. The molecule has 1 aliphatic carbocycles. The second kappa shape index (κ2) is 6.05. The van der Waals surface area contributed by atoms with Gasteiger partial charge in [-0.3, -0.25) is 0 Å². The average molecular weight is 217 g/mol. The van der Waals surface area contributed by atoms with Crippen molar-refractivity contribution in [2.24, 2.45) is 11.8 Å². The van der Waals surface area contributed by atoms with Crippen LogP contribution < -0.4 is 5.32 Å². The highest BCUT2D eigenvalue weighted by Gasteiger charge is 2.20. The third kappa shape index (κ3) is 3.34. The fourth-order valence-corrected chi connectivity index (χ4v) is 2.73. The van der Waals surface area contributed by atoms with Crippen molar-refractivity contribution in [1.29, 1.82) is 0 Å². The molecule has 1 fully saturated rings. The van der Waals surface area contributed by atoms with Gasteiger partial charge in [0.05, 0.1) is 0 Å². The van der Waals surface area contributed by atoms with E-state index >= 15 is 0 Å². The standard InChI is InChI=1S/C15H23N/c1-13(15-9-5-6-10-15)11-16-12-14-7-3-2-4-8-14/h2-4,7-8,13,15-16H,5-6,9-12H2,1H3. The van der Waals surface area contributed by atoms with Crippen molar-refractivity contribution < 1.29 is 0 Å². The van der Waals surface area contributed by atoms with Gasteiger partial charge < -0.3 is 5.32 Å². The minimum absolute atomic E-state index is 0.839. The van der Waals surface area contributed by atoms with E-state index < -0.39 is 0 Å². The monoisotopic (exact) mass is 217 g/mol. The highest BCUT2D eigenvalue weighted by atomic mass is 14.9. The number of rotatable bonds is 5. The van der Waals surface area contributed by atoms with E-state index in [0.717, 1.165) is 18.4 Å². The molecule has 1 heteroatoms. The summed E-state index contributed by atoms with van der Waals surface area (Å²) in [7, 11) is 0. The molecule has 1 unspecified atom stereocenters. The summed E-state index contributed by atoms with van der Waals surface area (Å²) in [6, 6.07) is 10.7. The summed E-state index contributed by atoms with van der Waals surface area (Å²) in [5.74, 6) is 1.81. The van der Waals surface area contributed by atoms with E-state index in [1.165, 1.54) is 37.8 Å². The Kier molecular flexibility index (Phi) is 4.41. The summed E-state index contributed by atoms with van der Waals surface area (Å²) in [6.07, 6.45) is 5.81. The Labute approximate surface area is 99.3 Å². The normalized spacial score (nSPS) is 18.8. The van der Waals surface area contributed by atoms with Gasteiger partial charge in [-0.1, -0.05) is 62.9 Å². The Morgan fingerprint density at radius 3 is 2.56 bits per heavy atom. The molecule has 1 nitrogen and oxygen atoms in total. The third-order valence-corrected chi connectivity index (χ3v) is 3.84. The fraction of sp³-hybridized carbons (Fsp3) is 0.600. The van der Waals surface area contributed by atoms with E-state index in [9.17, 15) is 0 Å². The highest BCUT2D eigenvalue weighted by Crippen LogP contribution is 2.30. The molecule has 0 aliphatic heterocycles. The van der Waals surface area contributed by atoms with E-state index in [4.69, 9.17) is 0 Å². The summed E-state index contributed by atoms with van der Waals surface area (Å²) < 4.78 is 0. The Morgan fingerprint density at radius 2 is 1.88 bits per heavy atom. The Morgan fingerprint density at radius 1 is 1.19 bits per heavy atom. The lowest BCUT2D eigenvalue weighted by molar-refractivity contribution is 0.348.